The summed E-state index contributed by atoms with van der Waals surface area (Å²) in [6.45, 7) is 6.42. The Labute approximate surface area is 115 Å². The van der Waals surface area contributed by atoms with E-state index in [1.807, 2.05) is 7.05 Å². The summed E-state index contributed by atoms with van der Waals surface area (Å²) >= 11 is 0. The molecule has 0 amide bonds. The highest BCUT2D eigenvalue weighted by molar-refractivity contribution is 4.94. The van der Waals surface area contributed by atoms with Crippen LogP contribution in [0.4, 0.5) is 0 Å². The van der Waals surface area contributed by atoms with Crippen LogP contribution in [0.15, 0.2) is 0 Å². The van der Waals surface area contributed by atoms with Crippen molar-refractivity contribution in [1.82, 2.24) is 10.2 Å². The van der Waals surface area contributed by atoms with Crippen molar-refractivity contribution in [3.05, 3.63) is 0 Å². The van der Waals surface area contributed by atoms with Crippen molar-refractivity contribution in [2.24, 2.45) is 0 Å². The molecule has 3 aliphatic rings. The number of rotatable bonds is 3. The first-order valence-corrected chi connectivity index (χ1v) is 7.53. The van der Waals surface area contributed by atoms with Gasteiger partial charge in [0.2, 0.25) is 0 Å². The van der Waals surface area contributed by atoms with Crippen molar-refractivity contribution in [1.29, 1.82) is 0 Å². The number of nitrogens with one attached hydrogen (secondary N) is 1. The van der Waals surface area contributed by atoms with Crippen LogP contribution in [-0.4, -0.2) is 75.8 Å². The number of likely N-dealkylation sites (N-methyl/N-ethyl adjacent to an activating group) is 1. The largest absolute Gasteiger partial charge is 0.378 e. The van der Waals surface area contributed by atoms with Gasteiger partial charge < -0.3 is 19.5 Å². The van der Waals surface area contributed by atoms with Crippen molar-refractivity contribution < 1.29 is 14.2 Å². The topological polar surface area (TPSA) is 43.0 Å². The van der Waals surface area contributed by atoms with Crippen LogP contribution in [0, 0.1) is 0 Å². The molecule has 0 aromatic rings. The molecule has 0 saturated carbocycles. The molecular formula is C14H26N2O3. The first-order chi connectivity index (χ1) is 9.31. The summed E-state index contributed by atoms with van der Waals surface area (Å²) < 4.78 is 17.4. The highest BCUT2D eigenvalue weighted by Gasteiger charge is 2.43. The fourth-order valence-electron chi connectivity index (χ4n) is 3.60. The van der Waals surface area contributed by atoms with Crippen LogP contribution < -0.4 is 5.32 Å². The van der Waals surface area contributed by atoms with Gasteiger partial charge in [0.15, 0.2) is 0 Å². The van der Waals surface area contributed by atoms with Gasteiger partial charge in [-0.2, -0.15) is 0 Å². The van der Waals surface area contributed by atoms with Gasteiger partial charge in [0, 0.05) is 45.3 Å². The van der Waals surface area contributed by atoms with Crippen molar-refractivity contribution in [3.8, 4) is 0 Å². The second-order valence-electron chi connectivity index (χ2n) is 6.03. The predicted octanol–water partition coefficient (Wildman–Crippen LogP) is 0.245. The first-order valence-electron chi connectivity index (χ1n) is 7.53. The average molecular weight is 270 g/mol. The summed E-state index contributed by atoms with van der Waals surface area (Å²) in [6, 6.07) is 0.638. The molecule has 110 valence electrons. The Bertz CT molecular complexity index is 292. The Morgan fingerprint density at radius 2 is 2.26 bits per heavy atom. The monoisotopic (exact) mass is 270 g/mol. The summed E-state index contributed by atoms with van der Waals surface area (Å²) in [5.41, 5.74) is 0.0136. The summed E-state index contributed by atoms with van der Waals surface area (Å²) in [4.78, 5) is 2.61. The minimum Gasteiger partial charge on any atom is -0.378 e. The van der Waals surface area contributed by atoms with Crippen LogP contribution in [0.25, 0.3) is 0 Å². The average Bonchev–Trinajstić information content (AvgIpc) is 2.87. The minimum atomic E-state index is 0.0136. The maximum Gasteiger partial charge on any atom is 0.0951 e. The molecule has 19 heavy (non-hydrogen) atoms. The normalized spacial score (nSPS) is 40.9. The molecule has 3 unspecified atom stereocenters. The summed E-state index contributed by atoms with van der Waals surface area (Å²) in [7, 11) is 1.99. The summed E-state index contributed by atoms with van der Waals surface area (Å²) in [5.74, 6) is 0. The number of hydrogen-bond donors (Lipinski definition) is 1. The Morgan fingerprint density at radius 3 is 3.05 bits per heavy atom. The number of ether oxygens (including phenoxy) is 3. The van der Waals surface area contributed by atoms with Gasteiger partial charge in [-0.15, -0.1) is 0 Å². The maximum atomic E-state index is 6.03. The number of hydrogen-bond acceptors (Lipinski definition) is 5. The molecule has 3 aliphatic heterocycles. The molecule has 1 N–H and O–H groups in total. The molecule has 3 heterocycles. The van der Waals surface area contributed by atoms with Crippen LogP contribution >= 0.6 is 0 Å². The van der Waals surface area contributed by atoms with E-state index in [1.165, 1.54) is 0 Å². The van der Waals surface area contributed by atoms with Crippen LogP contribution in [0.3, 0.4) is 0 Å². The molecule has 3 saturated heterocycles. The van der Waals surface area contributed by atoms with E-state index in [9.17, 15) is 0 Å². The molecular weight excluding hydrogens is 244 g/mol. The van der Waals surface area contributed by atoms with Crippen molar-refractivity contribution >= 4 is 0 Å². The molecule has 0 radical (unpaired) electrons. The summed E-state index contributed by atoms with van der Waals surface area (Å²) in [6.07, 6.45) is 3.67. The third-order valence-corrected chi connectivity index (χ3v) is 4.65. The fourth-order valence-corrected chi connectivity index (χ4v) is 3.60. The maximum absolute atomic E-state index is 6.03. The molecule has 3 rings (SSSR count). The predicted molar refractivity (Wildman–Crippen MR) is 72.4 cm³/mol. The van der Waals surface area contributed by atoms with Gasteiger partial charge in [0.1, 0.15) is 0 Å². The van der Waals surface area contributed by atoms with E-state index in [0.29, 0.717) is 12.1 Å². The molecule has 0 bridgehead atoms. The first kappa shape index (κ1) is 13.8. The Kier molecular flexibility index (Phi) is 4.39. The van der Waals surface area contributed by atoms with E-state index in [-0.39, 0.29) is 5.60 Å². The lowest BCUT2D eigenvalue weighted by Crippen LogP contribution is -2.55. The molecule has 0 aromatic heterocycles. The van der Waals surface area contributed by atoms with E-state index < -0.39 is 0 Å². The fraction of sp³-hybridized carbons (Fsp3) is 1.00. The highest BCUT2D eigenvalue weighted by Crippen LogP contribution is 2.35. The van der Waals surface area contributed by atoms with E-state index in [2.05, 4.69) is 10.2 Å². The van der Waals surface area contributed by atoms with Crippen LogP contribution in [0.1, 0.15) is 19.3 Å². The lowest BCUT2D eigenvalue weighted by molar-refractivity contribution is -0.123. The van der Waals surface area contributed by atoms with Gasteiger partial charge in [-0.3, -0.25) is 4.90 Å². The summed E-state index contributed by atoms with van der Waals surface area (Å²) in [5, 5.41) is 3.21. The van der Waals surface area contributed by atoms with Crippen LogP contribution in [-0.2, 0) is 14.2 Å². The van der Waals surface area contributed by atoms with E-state index >= 15 is 0 Å². The molecule has 0 aromatic carbocycles. The smallest absolute Gasteiger partial charge is 0.0951 e. The SMILES string of the molecule is CNCC1CN(C2CCOC3(CCOC3)C2)CCO1. The minimum absolute atomic E-state index is 0.0136. The van der Waals surface area contributed by atoms with Crippen molar-refractivity contribution in [3.63, 3.8) is 0 Å². The zero-order chi connectivity index (χ0) is 13.1. The molecule has 5 nitrogen and oxygen atoms in total. The van der Waals surface area contributed by atoms with E-state index in [4.69, 9.17) is 14.2 Å². The van der Waals surface area contributed by atoms with Gasteiger partial charge in [-0.1, -0.05) is 0 Å². The van der Waals surface area contributed by atoms with Gasteiger partial charge in [-0.25, -0.2) is 0 Å². The van der Waals surface area contributed by atoms with Gasteiger partial charge in [0.25, 0.3) is 0 Å². The lowest BCUT2D eigenvalue weighted by atomic mass is 9.88. The van der Waals surface area contributed by atoms with Crippen molar-refractivity contribution in [2.45, 2.75) is 37.0 Å². The molecule has 5 heteroatoms. The Balaban J connectivity index is 1.58. The second kappa shape index (κ2) is 6.06. The number of morpholine rings is 1. The van der Waals surface area contributed by atoms with E-state index in [1.54, 1.807) is 0 Å². The highest BCUT2D eigenvalue weighted by atomic mass is 16.6. The van der Waals surface area contributed by atoms with Crippen molar-refractivity contribution in [2.75, 3.05) is 53.1 Å². The molecule has 0 aliphatic carbocycles. The van der Waals surface area contributed by atoms with Crippen LogP contribution in [0.2, 0.25) is 0 Å². The second-order valence-corrected chi connectivity index (χ2v) is 6.03. The lowest BCUT2D eigenvalue weighted by Gasteiger charge is -2.44. The Morgan fingerprint density at radius 1 is 1.32 bits per heavy atom. The number of nitrogens with zero attached hydrogens (tertiary/aromatic N) is 1. The third kappa shape index (κ3) is 3.11. The Hall–Kier alpha value is -0.200. The van der Waals surface area contributed by atoms with Gasteiger partial charge in [0.05, 0.1) is 24.9 Å². The standard InChI is InChI=1S/C14H26N2O3/c1-15-9-13-10-16(4-7-18-13)12-2-5-19-14(8-12)3-6-17-11-14/h12-13,15H,2-11H2,1H3. The molecule has 3 atom stereocenters. The van der Waals surface area contributed by atoms with E-state index in [0.717, 1.165) is 65.3 Å². The molecule has 1 spiro atoms. The molecule has 3 fully saturated rings. The zero-order valence-electron chi connectivity index (χ0n) is 11.9. The van der Waals surface area contributed by atoms with Crippen LogP contribution in [0.5, 0.6) is 0 Å². The third-order valence-electron chi connectivity index (χ3n) is 4.65. The van der Waals surface area contributed by atoms with Gasteiger partial charge >= 0.3 is 0 Å². The zero-order valence-corrected chi connectivity index (χ0v) is 11.9. The quantitative estimate of drug-likeness (QED) is 0.796. The van der Waals surface area contributed by atoms with Gasteiger partial charge in [-0.05, 0) is 19.9 Å².